The number of aromatic nitrogens is 1. The molecule has 1 aromatic rings. The fraction of sp³-hybridized carbons (Fsp3) is 0.706. The molecule has 1 N–H and O–H groups in total. The third kappa shape index (κ3) is 5.59. The second-order valence-corrected chi connectivity index (χ2v) is 6.12. The number of hydrogen-bond acceptors (Lipinski definition) is 3. The maximum atomic E-state index is 6.01. The first-order chi connectivity index (χ1) is 9.74. The van der Waals surface area contributed by atoms with E-state index in [-0.39, 0.29) is 0 Å². The van der Waals surface area contributed by atoms with Crippen LogP contribution in [0.5, 0.6) is 0 Å². The van der Waals surface area contributed by atoms with Crippen molar-refractivity contribution in [2.75, 3.05) is 0 Å². The van der Waals surface area contributed by atoms with Gasteiger partial charge in [-0.15, -0.1) is 0 Å². The molecule has 1 saturated carbocycles. The lowest BCUT2D eigenvalue weighted by molar-refractivity contribution is 0.0292. The zero-order valence-electron chi connectivity index (χ0n) is 12.9. The topological polar surface area (TPSA) is 34.1 Å². The largest absolute Gasteiger partial charge is 0.372 e. The quantitative estimate of drug-likeness (QED) is 0.802. The van der Waals surface area contributed by atoms with Crippen molar-refractivity contribution in [1.82, 2.24) is 10.3 Å². The van der Waals surface area contributed by atoms with Crippen LogP contribution in [-0.2, 0) is 17.9 Å². The highest BCUT2D eigenvalue weighted by molar-refractivity contribution is 5.13. The highest BCUT2D eigenvalue weighted by atomic mass is 16.5. The Morgan fingerprint density at radius 1 is 1.20 bits per heavy atom. The lowest BCUT2D eigenvalue weighted by Gasteiger charge is -2.15. The number of nitrogens with zero attached hydrogens (tertiary/aromatic N) is 1. The Bertz CT molecular complexity index is 367. The number of rotatable bonds is 6. The van der Waals surface area contributed by atoms with E-state index >= 15 is 0 Å². The van der Waals surface area contributed by atoms with Gasteiger partial charge < -0.3 is 10.1 Å². The number of hydrogen-bond donors (Lipinski definition) is 1. The minimum Gasteiger partial charge on any atom is -0.372 e. The van der Waals surface area contributed by atoms with Crippen molar-refractivity contribution in [2.45, 2.75) is 77.7 Å². The summed E-state index contributed by atoms with van der Waals surface area (Å²) in [7, 11) is 0. The molecule has 1 aliphatic carbocycles. The number of nitrogens with one attached hydrogen (secondary N) is 1. The molecule has 0 unspecified atom stereocenters. The SMILES string of the molecule is CC(C)NCc1ccc(COC2CCCCCC2)nc1. The standard InChI is InChI=1S/C17H28N2O/c1-14(2)18-11-15-9-10-16(19-12-15)13-20-17-7-5-3-4-6-8-17/h9-10,12,14,17-18H,3-8,11,13H2,1-2H3. The van der Waals surface area contributed by atoms with Crippen LogP contribution in [0.3, 0.4) is 0 Å². The molecule has 0 saturated heterocycles. The van der Waals surface area contributed by atoms with Gasteiger partial charge in [-0.3, -0.25) is 4.98 Å². The van der Waals surface area contributed by atoms with E-state index in [1.54, 1.807) is 0 Å². The van der Waals surface area contributed by atoms with Crippen LogP contribution in [0, 0.1) is 0 Å². The van der Waals surface area contributed by atoms with Crippen molar-refractivity contribution in [3.05, 3.63) is 29.6 Å². The second-order valence-electron chi connectivity index (χ2n) is 6.12. The van der Waals surface area contributed by atoms with Gasteiger partial charge in [0.25, 0.3) is 0 Å². The monoisotopic (exact) mass is 276 g/mol. The van der Waals surface area contributed by atoms with Crippen molar-refractivity contribution in [1.29, 1.82) is 0 Å². The summed E-state index contributed by atoms with van der Waals surface area (Å²) < 4.78 is 6.01. The van der Waals surface area contributed by atoms with E-state index in [0.29, 0.717) is 18.8 Å². The smallest absolute Gasteiger partial charge is 0.0891 e. The Labute approximate surface area is 123 Å². The molecule has 20 heavy (non-hydrogen) atoms. The van der Waals surface area contributed by atoms with Crippen LogP contribution < -0.4 is 5.32 Å². The molecule has 0 bridgehead atoms. The fourth-order valence-electron chi connectivity index (χ4n) is 2.58. The van der Waals surface area contributed by atoms with Crippen LogP contribution >= 0.6 is 0 Å². The zero-order valence-corrected chi connectivity index (χ0v) is 12.9. The maximum Gasteiger partial charge on any atom is 0.0891 e. The van der Waals surface area contributed by atoms with Gasteiger partial charge in [0.05, 0.1) is 18.4 Å². The van der Waals surface area contributed by atoms with Gasteiger partial charge in [0.2, 0.25) is 0 Å². The molecular weight excluding hydrogens is 248 g/mol. The van der Waals surface area contributed by atoms with Crippen LogP contribution in [0.4, 0.5) is 0 Å². The summed E-state index contributed by atoms with van der Waals surface area (Å²) in [4.78, 5) is 4.50. The van der Waals surface area contributed by atoms with Crippen molar-refractivity contribution in [3.8, 4) is 0 Å². The summed E-state index contributed by atoms with van der Waals surface area (Å²) in [5, 5.41) is 3.40. The van der Waals surface area contributed by atoms with Gasteiger partial charge in [-0.1, -0.05) is 45.6 Å². The summed E-state index contributed by atoms with van der Waals surface area (Å²) in [6.07, 6.45) is 10.2. The minimum atomic E-state index is 0.446. The Hall–Kier alpha value is -0.930. The Morgan fingerprint density at radius 3 is 2.55 bits per heavy atom. The van der Waals surface area contributed by atoms with E-state index in [1.807, 2.05) is 6.20 Å². The second kappa shape index (κ2) is 8.38. The van der Waals surface area contributed by atoms with E-state index in [0.717, 1.165) is 12.2 Å². The summed E-state index contributed by atoms with van der Waals surface area (Å²) in [5.41, 5.74) is 2.28. The first-order valence-corrected chi connectivity index (χ1v) is 8.03. The van der Waals surface area contributed by atoms with Crippen LogP contribution in [0.1, 0.15) is 63.6 Å². The van der Waals surface area contributed by atoms with Gasteiger partial charge in [0.15, 0.2) is 0 Å². The average Bonchev–Trinajstić information content (AvgIpc) is 2.72. The minimum absolute atomic E-state index is 0.446. The van der Waals surface area contributed by atoms with E-state index in [2.05, 4.69) is 36.3 Å². The molecule has 0 radical (unpaired) electrons. The van der Waals surface area contributed by atoms with Crippen molar-refractivity contribution in [2.24, 2.45) is 0 Å². The summed E-state index contributed by atoms with van der Waals surface area (Å²) in [6.45, 7) is 5.85. The summed E-state index contributed by atoms with van der Waals surface area (Å²) in [5.74, 6) is 0. The molecule has 1 fully saturated rings. The third-order valence-corrected chi connectivity index (χ3v) is 3.87. The predicted octanol–water partition coefficient (Wildman–Crippen LogP) is 3.82. The molecule has 3 nitrogen and oxygen atoms in total. The number of pyridine rings is 1. The van der Waals surface area contributed by atoms with Gasteiger partial charge in [-0.2, -0.15) is 0 Å². The molecule has 1 aromatic heterocycles. The molecule has 2 rings (SSSR count). The van der Waals surface area contributed by atoms with E-state index < -0.39 is 0 Å². The highest BCUT2D eigenvalue weighted by Crippen LogP contribution is 2.20. The lowest BCUT2D eigenvalue weighted by Crippen LogP contribution is -2.21. The molecular formula is C17H28N2O. The van der Waals surface area contributed by atoms with Gasteiger partial charge in [0.1, 0.15) is 0 Å². The maximum absolute atomic E-state index is 6.01. The molecule has 0 atom stereocenters. The third-order valence-electron chi connectivity index (χ3n) is 3.87. The summed E-state index contributed by atoms with van der Waals surface area (Å²) >= 11 is 0. The molecule has 0 aromatic carbocycles. The molecule has 1 aliphatic rings. The predicted molar refractivity (Wildman–Crippen MR) is 82.5 cm³/mol. The fourth-order valence-corrected chi connectivity index (χ4v) is 2.58. The zero-order chi connectivity index (χ0) is 14.2. The first-order valence-electron chi connectivity index (χ1n) is 8.03. The number of ether oxygens (including phenoxy) is 1. The summed E-state index contributed by atoms with van der Waals surface area (Å²) in [6, 6.07) is 4.75. The van der Waals surface area contributed by atoms with Crippen LogP contribution in [0.2, 0.25) is 0 Å². The van der Waals surface area contributed by atoms with Gasteiger partial charge in [-0.25, -0.2) is 0 Å². The van der Waals surface area contributed by atoms with Crippen LogP contribution in [-0.4, -0.2) is 17.1 Å². The molecule has 0 amide bonds. The van der Waals surface area contributed by atoms with E-state index in [1.165, 1.54) is 44.1 Å². The lowest BCUT2D eigenvalue weighted by atomic mass is 10.1. The Balaban J connectivity index is 1.75. The van der Waals surface area contributed by atoms with Crippen molar-refractivity contribution >= 4 is 0 Å². The average molecular weight is 276 g/mol. The normalized spacial score (nSPS) is 17.4. The van der Waals surface area contributed by atoms with E-state index in [4.69, 9.17) is 4.74 Å². The van der Waals surface area contributed by atoms with Crippen LogP contribution in [0.25, 0.3) is 0 Å². The Morgan fingerprint density at radius 2 is 1.95 bits per heavy atom. The molecule has 0 aliphatic heterocycles. The Kier molecular flexibility index (Phi) is 6.48. The molecule has 0 spiro atoms. The van der Waals surface area contributed by atoms with E-state index in [9.17, 15) is 0 Å². The highest BCUT2D eigenvalue weighted by Gasteiger charge is 2.12. The molecule has 3 heteroatoms. The molecule has 1 heterocycles. The first kappa shape index (κ1) is 15.5. The van der Waals surface area contributed by atoms with Gasteiger partial charge in [-0.05, 0) is 24.5 Å². The van der Waals surface area contributed by atoms with Gasteiger partial charge in [0, 0.05) is 18.8 Å². The van der Waals surface area contributed by atoms with Crippen molar-refractivity contribution in [3.63, 3.8) is 0 Å². The van der Waals surface area contributed by atoms with Crippen LogP contribution in [0.15, 0.2) is 18.3 Å². The molecule has 112 valence electrons. The van der Waals surface area contributed by atoms with Gasteiger partial charge >= 0.3 is 0 Å². The van der Waals surface area contributed by atoms with Crippen molar-refractivity contribution < 1.29 is 4.74 Å².